The number of nitrogens with one attached hydrogen (secondary N) is 1. The molecule has 0 saturated carbocycles. The number of carboxylic acid groups (broad SMARTS) is 1. The Bertz CT molecular complexity index is 983. The predicted molar refractivity (Wildman–Crippen MR) is 139 cm³/mol. The number of unbranched alkanes of at least 4 members (excludes halogenated alkanes) is 1. The summed E-state index contributed by atoms with van der Waals surface area (Å²) < 4.78 is 5.65. The van der Waals surface area contributed by atoms with E-state index in [4.69, 9.17) is 9.84 Å². The molecular weight excluding hydrogens is 464 g/mol. The predicted octanol–water partition coefficient (Wildman–Crippen LogP) is 4.75. The maximum atomic E-state index is 13.2. The second kappa shape index (κ2) is 13.2. The number of thioether (sulfide) groups is 1. The van der Waals surface area contributed by atoms with Crippen molar-refractivity contribution in [2.24, 2.45) is 0 Å². The minimum atomic E-state index is -0.839. The lowest BCUT2D eigenvalue weighted by atomic mass is 9.98. The number of aliphatic carboxylic acids is 1. The van der Waals surface area contributed by atoms with Crippen LogP contribution in [0.4, 0.5) is 4.79 Å². The number of rotatable bonds is 13. The van der Waals surface area contributed by atoms with E-state index in [1.807, 2.05) is 37.4 Å². The minimum absolute atomic E-state index is 0.0464. The van der Waals surface area contributed by atoms with Crippen molar-refractivity contribution in [2.45, 2.75) is 44.6 Å². The molecule has 0 bridgehead atoms. The molecule has 1 atom stereocenters. The van der Waals surface area contributed by atoms with Gasteiger partial charge in [-0.05, 0) is 60.4 Å². The fourth-order valence-electron chi connectivity index (χ4n) is 4.50. The van der Waals surface area contributed by atoms with Gasteiger partial charge in [-0.2, -0.15) is 11.8 Å². The molecule has 0 aliphatic heterocycles. The van der Waals surface area contributed by atoms with Crippen molar-refractivity contribution in [3.8, 4) is 11.1 Å². The number of hydrogen-bond acceptors (Lipinski definition) is 5. The van der Waals surface area contributed by atoms with Gasteiger partial charge in [-0.15, -0.1) is 0 Å². The molecule has 2 aromatic rings. The second-order valence-electron chi connectivity index (χ2n) is 8.57. The van der Waals surface area contributed by atoms with Crippen LogP contribution >= 0.6 is 11.8 Å². The topological polar surface area (TPSA) is 95.9 Å². The van der Waals surface area contributed by atoms with E-state index < -0.39 is 18.1 Å². The molecule has 0 heterocycles. The van der Waals surface area contributed by atoms with E-state index in [0.29, 0.717) is 32.4 Å². The van der Waals surface area contributed by atoms with Crippen molar-refractivity contribution < 1.29 is 24.2 Å². The van der Waals surface area contributed by atoms with Gasteiger partial charge in [-0.1, -0.05) is 48.5 Å². The fourth-order valence-corrected chi connectivity index (χ4v) is 4.97. The maximum Gasteiger partial charge on any atom is 0.407 e. The van der Waals surface area contributed by atoms with Crippen LogP contribution < -0.4 is 5.32 Å². The number of carbonyl (C=O) groups excluding carboxylic acids is 2. The van der Waals surface area contributed by atoms with Gasteiger partial charge in [0.05, 0.1) is 0 Å². The molecule has 0 radical (unpaired) electrons. The number of amides is 2. The minimum Gasteiger partial charge on any atom is -0.481 e. The summed E-state index contributed by atoms with van der Waals surface area (Å²) in [5.41, 5.74) is 4.59. The number of likely N-dealkylation sites (N-methyl/N-ethyl adjacent to an activating group) is 1. The first-order chi connectivity index (χ1) is 17.0. The third-order valence-corrected chi connectivity index (χ3v) is 6.95. The number of ether oxygens (including phenoxy) is 1. The van der Waals surface area contributed by atoms with Gasteiger partial charge in [-0.3, -0.25) is 9.59 Å². The van der Waals surface area contributed by atoms with Gasteiger partial charge < -0.3 is 20.1 Å². The van der Waals surface area contributed by atoms with E-state index in [2.05, 4.69) is 29.6 Å². The normalized spacial score (nSPS) is 13.0. The molecule has 3 rings (SSSR count). The quantitative estimate of drug-likeness (QED) is 0.387. The van der Waals surface area contributed by atoms with Crippen molar-refractivity contribution in [1.29, 1.82) is 0 Å². The SMILES string of the molecule is CCN(CCCCC(=O)O)C(=O)[C@@H](CCSC)NC(=O)OCC1c2ccccc2-c2ccccc21. The fraction of sp³-hybridized carbons (Fsp3) is 0.444. The maximum absolute atomic E-state index is 13.2. The number of carboxylic acids is 1. The van der Waals surface area contributed by atoms with Gasteiger partial charge in [0, 0.05) is 25.4 Å². The van der Waals surface area contributed by atoms with E-state index in [9.17, 15) is 14.4 Å². The number of nitrogens with zero attached hydrogens (tertiary/aromatic N) is 1. The molecule has 0 spiro atoms. The summed E-state index contributed by atoms with van der Waals surface area (Å²) in [5, 5.41) is 11.6. The number of fused-ring (bicyclic) bond motifs is 3. The third-order valence-electron chi connectivity index (χ3n) is 6.31. The van der Waals surface area contributed by atoms with Crippen molar-refractivity contribution in [2.75, 3.05) is 31.7 Å². The monoisotopic (exact) mass is 498 g/mol. The summed E-state index contributed by atoms with van der Waals surface area (Å²) >= 11 is 1.61. The lowest BCUT2D eigenvalue weighted by molar-refractivity contribution is -0.137. The molecule has 0 unspecified atom stereocenters. The Balaban J connectivity index is 1.61. The highest BCUT2D eigenvalue weighted by molar-refractivity contribution is 7.98. The van der Waals surface area contributed by atoms with Gasteiger partial charge in [0.2, 0.25) is 5.91 Å². The van der Waals surface area contributed by atoms with E-state index in [0.717, 1.165) is 28.0 Å². The standard InChI is InChI=1S/C27H34N2O5S/c1-3-29(16-9-8-14-25(30)31)26(32)24(15-17-35-2)28-27(33)34-18-23-21-12-6-4-10-19(21)20-11-5-7-13-22(20)23/h4-7,10-13,23-24H,3,8-9,14-18H2,1-2H3,(H,28,33)(H,30,31)/t24-/m1/s1. The molecule has 7 nitrogen and oxygen atoms in total. The summed E-state index contributed by atoms with van der Waals surface area (Å²) in [5.74, 6) is -0.328. The highest BCUT2D eigenvalue weighted by Crippen LogP contribution is 2.44. The van der Waals surface area contributed by atoms with Crippen LogP contribution in [0.1, 0.15) is 49.7 Å². The number of hydrogen-bond donors (Lipinski definition) is 2. The smallest absolute Gasteiger partial charge is 0.407 e. The first kappa shape index (κ1) is 26.6. The van der Waals surface area contributed by atoms with Crippen molar-refractivity contribution >= 4 is 29.7 Å². The molecule has 188 valence electrons. The summed E-state index contributed by atoms with van der Waals surface area (Å²) in [7, 11) is 0. The zero-order valence-corrected chi connectivity index (χ0v) is 21.2. The summed E-state index contributed by atoms with van der Waals surface area (Å²) in [6.07, 6.45) is 3.04. The van der Waals surface area contributed by atoms with Crippen LogP contribution in [0, 0.1) is 0 Å². The Morgan fingerprint density at radius 3 is 2.26 bits per heavy atom. The van der Waals surface area contributed by atoms with Gasteiger partial charge in [-0.25, -0.2) is 4.79 Å². The zero-order valence-electron chi connectivity index (χ0n) is 20.4. The Kier molecular flexibility index (Phi) is 10.0. The number of benzene rings is 2. The Labute approximate surface area is 211 Å². The Hall–Kier alpha value is -3.00. The van der Waals surface area contributed by atoms with Crippen molar-refractivity contribution in [3.63, 3.8) is 0 Å². The van der Waals surface area contributed by atoms with Crippen LogP contribution in [0.15, 0.2) is 48.5 Å². The second-order valence-corrected chi connectivity index (χ2v) is 9.56. The summed E-state index contributed by atoms with van der Waals surface area (Å²) in [6, 6.07) is 15.6. The van der Waals surface area contributed by atoms with Gasteiger partial charge >= 0.3 is 12.1 Å². The Morgan fingerprint density at radius 1 is 1.06 bits per heavy atom. The molecule has 1 aliphatic carbocycles. The number of alkyl carbamates (subject to hydrolysis) is 1. The lowest BCUT2D eigenvalue weighted by Gasteiger charge is -2.27. The van der Waals surface area contributed by atoms with Gasteiger partial charge in [0.25, 0.3) is 0 Å². The molecule has 0 aromatic heterocycles. The van der Waals surface area contributed by atoms with Gasteiger partial charge in [0.15, 0.2) is 0 Å². The largest absolute Gasteiger partial charge is 0.481 e. The number of carbonyl (C=O) groups is 3. The molecule has 8 heteroatoms. The summed E-state index contributed by atoms with van der Waals surface area (Å²) in [6.45, 7) is 3.03. The molecule has 1 aliphatic rings. The zero-order chi connectivity index (χ0) is 25.2. The highest BCUT2D eigenvalue weighted by Gasteiger charge is 2.30. The first-order valence-corrected chi connectivity index (χ1v) is 13.5. The van der Waals surface area contributed by atoms with Crippen molar-refractivity contribution in [1.82, 2.24) is 10.2 Å². The van der Waals surface area contributed by atoms with E-state index in [1.165, 1.54) is 0 Å². The van der Waals surface area contributed by atoms with E-state index in [-0.39, 0.29) is 24.9 Å². The molecule has 0 fully saturated rings. The third kappa shape index (κ3) is 7.01. The molecule has 2 aromatic carbocycles. The van der Waals surface area contributed by atoms with Crippen LogP contribution in [-0.2, 0) is 14.3 Å². The van der Waals surface area contributed by atoms with E-state index >= 15 is 0 Å². The Morgan fingerprint density at radius 2 is 1.69 bits per heavy atom. The molecule has 0 saturated heterocycles. The summed E-state index contributed by atoms with van der Waals surface area (Å²) in [4.78, 5) is 38.4. The highest BCUT2D eigenvalue weighted by atomic mass is 32.2. The lowest BCUT2D eigenvalue weighted by Crippen LogP contribution is -2.49. The molecule has 35 heavy (non-hydrogen) atoms. The average Bonchev–Trinajstić information content (AvgIpc) is 3.18. The van der Waals surface area contributed by atoms with Crippen LogP contribution in [0.5, 0.6) is 0 Å². The van der Waals surface area contributed by atoms with Crippen LogP contribution in [0.3, 0.4) is 0 Å². The molecule has 2 N–H and O–H groups in total. The van der Waals surface area contributed by atoms with Crippen LogP contribution in [-0.4, -0.2) is 65.7 Å². The molecular formula is C27H34N2O5S. The first-order valence-electron chi connectivity index (χ1n) is 12.1. The van der Waals surface area contributed by atoms with Crippen LogP contribution in [0.25, 0.3) is 11.1 Å². The van der Waals surface area contributed by atoms with E-state index in [1.54, 1.807) is 16.7 Å². The van der Waals surface area contributed by atoms with Gasteiger partial charge in [0.1, 0.15) is 12.6 Å². The van der Waals surface area contributed by atoms with Crippen molar-refractivity contribution in [3.05, 3.63) is 59.7 Å². The molecule has 2 amide bonds. The average molecular weight is 499 g/mol. The van der Waals surface area contributed by atoms with Crippen LogP contribution in [0.2, 0.25) is 0 Å².